The molecule has 3 atom stereocenters. The summed E-state index contributed by atoms with van der Waals surface area (Å²) in [4.78, 5) is 15.0. The maximum absolute atomic E-state index is 13.0. The van der Waals surface area contributed by atoms with Gasteiger partial charge in [-0.1, -0.05) is 43.6 Å². The van der Waals surface area contributed by atoms with Crippen molar-refractivity contribution in [2.24, 2.45) is 5.92 Å². The van der Waals surface area contributed by atoms with Crippen molar-refractivity contribution >= 4 is 17.5 Å². The van der Waals surface area contributed by atoms with Crippen LogP contribution in [0.4, 0.5) is 0 Å². The number of nitrogens with one attached hydrogen (secondary N) is 2. The van der Waals surface area contributed by atoms with Crippen LogP contribution in [0.2, 0.25) is 5.02 Å². The fourth-order valence-electron chi connectivity index (χ4n) is 3.96. The van der Waals surface area contributed by atoms with Gasteiger partial charge in [0.25, 0.3) is 0 Å². The Kier molecular flexibility index (Phi) is 5.80. The number of carbonyl (C=O) groups is 1. The van der Waals surface area contributed by atoms with Gasteiger partial charge in [-0.25, -0.2) is 5.43 Å². The van der Waals surface area contributed by atoms with Crippen molar-refractivity contribution < 1.29 is 4.79 Å². The van der Waals surface area contributed by atoms with Crippen molar-refractivity contribution in [2.45, 2.75) is 64.1 Å². The van der Waals surface area contributed by atoms with Crippen LogP contribution >= 0.6 is 11.6 Å². The van der Waals surface area contributed by atoms with E-state index in [4.69, 9.17) is 11.6 Å². The van der Waals surface area contributed by atoms with Crippen molar-refractivity contribution in [1.29, 1.82) is 0 Å². The molecule has 2 saturated heterocycles. The predicted octanol–water partition coefficient (Wildman–Crippen LogP) is 3.15. The Morgan fingerprint density at radius 2 is 2.12 bits per heavy atom. The Morgan fingerprint density at radius 1 is 1.33 bits per heavy atom. The van der Waals surface area contributed by atoms with Gasteiger partial charge in [0.15, 0.2) is 0 Å². The quantitative estimate of drug-likeness (QED) is 0.858. The second-order valence-electron chi connectivity index (χ2n) is 7.53. The lowest BCUT2D eigenvalue weighted by molar-refractivity contribution is -0.134. The SMILES string of the molecule is CC(C)CC1CC(C(=O)N2CCCC2Cc2ccccc2Cl)NN1. The summed E-state index contributed by atoms with van der Waals surface area (Å²) in [5.74, 6) is 0.876. The van der Waals surface area contributed by atoms with Crippen LogP contribution in [0.25, 0.3) is 0 Å². The molecular weight excluding hydrogens is 322 g/mol. The van der Waals surface area contributed by atoms with Gasteiger partial charge in [0, 0.05) is 23.7 Å². The van der Waals surface area contributed by atoms with Crippen LogP contribution in [-0.4, -0.2) is 35.5 Å². The van der Waals surface area contributed by atoms with E-state index in [-0.39, 0.29) is 18.0 Å². The highest BCUT2D eigenvalue weighted by Crippen LogP contribution is 2.26. The Balaban J connectivity index is 1.61. The minimum absolute atomic E-state index is 0.0967. The third kappa shape index (κ3) is 4.11. The van der Waals surface area contributed by atoms with Crippen molar-refractivity contribution in [1.82, 2.24) is 15.8 Å². The molecule has 0 spiro atoms. The van der Waals surface area contributed by atoms with E-state index in [1.807, 2.05) is 18.2 Å². The molecule has 1 aromatic carbocycles. The number of nitrogens with zero attached hydrogens (tertiary/aromatic N) is 1. The monoisotopic (exact) mass is 349 g/mol. The van der Waals surface area contributed by atoms with Crippen LogP contribution in [0.5, 0.6) is 0 Å². The number of rotatable bonds is 5. The number of halogens is 1. The fourth-order valence-corrected chi connectivity index (χ4v) is 4.18. The van der Waals surface area contributed by atoms with Crippen molar-refractivity contribution in [3.05, 3.63) is 34.9 Å². The van der Waals surface area contributed by atoms with Gasteiger partial charge >= 0.3 is 0 Å². The van der Waals surface area contributed by atoms with Gasteiger partial charge in [-0.05, 0) is 49.7 Å². The minimum atomic E-state index is -0.0967. The summed E-state index contributed by atoms with van der Waals surface area (Å²) in [6, 6.07) is 8.52. The number of carbonyl (C=O) groups excluding carboxylic acids is 1. The van der Waals surface area contributed by atoms with Crippen LogP contribution in [0.3, 0.4) is 0 Å². The third-order valence-electron chi connectivity index (χ3n) is 5.11. The molecule has 0 radical (unpaired) electrons. The molecule has 2 aliphatic rings. The summed E-state index contributed by atoms with van der Waals surface area (Å²) >= 11 is 6.30. The van der Waals surface area contributed by atoms with Crippen LogP contribution < -0.4 is 10.9 Å². The standard InChI is InChI=1S/C19H28ClN3O/c1-13(2)10-15-12-18(22-21-15)19(24)23-9-5-7-16(23)11-14-6-3-4-8-17(14)20/h3-4,6,8,13,15-16,18,21-22H,5,7,9-12H2,1-2H3. The first-order valence-electron chi connectivity index (χ1n) is 9.09. The van der Waals surface area contributed by atoms with E-state index in [2.05, 4.69) is 35.7 Å². The molecule has 132 valence electrons. The zero-order valence-electron chi connectivity index (χ0n) is 14.6. The molecule has 0 saturated carbocycles. The Labute approximate surface area is 149 Å². The van der Waals surface area contributed by atoms with E-state index in [1.54, 1.807) is 0 Å². The van der Waals surface area contributed by atoms with Gasteiger partial charge < -0.3 is 4.90 Å². The second-order valence-corrected chi connectivity index (χ2v) is 7.93. The van der Waals surface area contributed by atoms with Gasteiger partial charge in [-0.3, -0.25) is 10.2 Å². The van der Waals surface area contributed by atoms with Crippen LogP contribution in [0.15, 0.2) is 24.3 Å². The molecule has 3 unspecified atom stereocenters. The van der Waals surface area contributed by atoms with Gasteiger partial charge in [0.1, 0.15) is 6.04 Å². The predicted molar refractivity (Wildman–Crippen MR) is 97.8 cm³/mol. The normalized spacial score (nSPS) is 27.2. The number of likely N-dealkylation sites (tertiary alicyclic amines) is 1. The Hall–Kier alpha value is -1.10. The minimum Gasteiger partial charge on any atom is -0.338 e. The summed E-state index contributed by atoms with van der Waals surface area (Å²) in [6.45, 7) is 5.30. The molecular formula is C19H28ClN3O. The largest absolute Gasteiger partial charge is 0.338 e. The Morgan fingerprint density at radius 3 is 2.88 bits per heavy atom. The number of hydrazine groups is 1. The van der Waals surface area contributed by atoms with Gasteiger partial charge in [-0.15, -0.1) is 0 Å². The number of hydrogen-bond acceptors (Lipinski definition) is 3. The highest BCUT2D eigenvalue weighted by molar-refractivity contribution is 6.31. The number of amides is 1. The lowest BCUT2D eigenvalue weighted by Crippen LogP contribution is -2.48. The second kappa shape index (κ2) is 7.85. The van der Waals surface area contributed by atoms with E-state index in [0.29, 0.717) is 12.0 Å². The molecule has 1 aromatic rings. The lowest BCUT2D eigenvalue weighted by Gasteiger charge is -2.27. The van der Waals surface area contributed by atoms with E-state index in [9.17, 15) is 4.79 Å². The average Bonchev–Trinajstić information content (AvgIpc) is 3.18. The first-order valence-corrected chi connectivity index (χ1v) is 9.47. The summed E-state index contributed by atoms with van der Waals surface area (Å²) in [6.07, 6.45) is 4.97. The fraction of sp³-hybridized carbons (Fsp3) is 0.632. The van der Waals surface area contributed by atoms with E-state index >= 15 is 0 Å². The summed E-state index contributed by atoms with van der Waals surface area (Å²) in [5.41, 5.74) is 7.65. The lowest BCUT2D eigenvalue weighted by atomic mass is 9.99. The third-order valence-corrected chi connectivity index (χ3v) is 5.48. The van der Waals surface area contributed by atoms with Crippen LogP contribution in [-0.2, 0) is 11.2 Å². The van der Waals surface area contributed by atoms with E-state index < -0.39 is 0 Å². The Bertz CT molecular complexity index is 577. The highest BCUT2D eigenvalue weighted by atomic mass is 35.5. The summed E-state index contributed by atoms with van der Waals surface area (Å²) in [7, 11) is 0. The number of benzene rings is 1. The van der Waals surface area contributed by atoms with Crippen molar-refractivity contribution in [2.75, 3.05) is 6.54 Å². The first-order chi connectivity index (χ1) is 11.5. The van der Waals surface area contributed by atoms with Gasteiger partial charge in [-0.2, -0.15) is 0 Å². The van der Waals surface area contributed by atoms with Crippen LogP contribution in [0.1, 0.15) is 45.1 Å². The first kappa shape index (κ1) is 17.7. The molecule has 0 bridgehead atoms. The van der Waals surface area contributed by atoms with Gasteiger partial charge in [0.05, 0.1) is 0 Å². The zero-order valence-corrected chi connectivity index (χ0v) is 15.4. The molecule has 2 fully saturated rings. The molecule has 5 heteroatoms. The molecule has 0 aromatic heterocycles. The highest BCUT2D eigenvalue weighted by Gasteiger charge is 2.37. The summed E-state index contributed by atoms with van der Waals surface area (Å²) < 4.78 is 0. The molecule has 2 N–H and O–H groups in total. The molecule has 3 rings (SSSR count). The van der Waals surface area contributed by atoms with Crippen molar-refractivity contribution in [3.8, 4) is 0 Å². The maximum atomic E-state index is 13.0. The molecule has 1 amide bonds. The zero-order chi connectivity index (χ0) is 17.1. The maximum Gasteiger partial charge on any atom is 0.241 e. The van der Waals surface area contributed by atoms with E-state index in [0.717, 1.165) is 49.2 Å². The summed E-state index contributed by atoms with van der Waals surface area (Å²) in [5, 5.41) is 0.800. The molecule has 2 aliphatic heterocycles. The van der Waals surface area contributed by atoms with E-state index in [1.165, 1.54) is 0 Å². The van der Waals surface area contributed by atoms with Crippen LogP contribution in [0, 0.1) is 5.92 Å². The molecule has 24 heavy (non-hydrogen) atoms. The smallest absolute Gasteiger partial charge is 0.241 e. The van der Waals surface area contributed by atoms with Gasteiger partial charge in [0.2, 0.25) is 5.91 Å². The molecule has 2 heterocycles. The topological polar surface area (TPSA) is 44.4 Å². The van der Waals surface area contributed by atoms with Crippen molar-refractivity contribution in [3.63, 3.8) is 0 Å². The molecule has 0 aliphatic carbocycles. The average molecular weight is 350 g/mol. The molecule has 4 nitrogen and oxygen atoms in total. The number of hydrogen-bond donors (Lipinski definition) is 2.